The van der Waals surface area contributed by atoms with Gasteiger partial charge in [0.15, 0.2) is 0 Å². The predicted molar refractivity (Wildman–Crippen MR) is 109 cm³/mol. The smallest absolute Gasteiger partial charge is 0.136 e. The van der Waals surface area contributed by atoms with E-state index < -0.39 is 6.10 Å². The Morgan fingerprint density at radius 1 is 0.964 bits per heavy atom. The first-order valence-electron chi connectivity index (χ1n) is 9.22. The zero-order valence-corrected chi connectivity index (χ0v) is 15.3. The number of pyridine rings is 1. The van der Waals surface area contributed by atoms with Crippen molar-refractivity contribution in [2.24, 2.45) is 0 Å². The molecule has 0 aliphatic carbocycles. The summed E-state index contributed by atoms with van der Waals surface area (Å²) in [4.78, 5) is 12.0. The van der Waals surface area contributed by atoms with Crippen LogP contribution in [0.25, 0.3) is 33.2 Å². The standard InChI is InChI=1S/C22H19N5O/c1-13(14-5-3-2-4-6-14)21(28)22-24-18-11-16-17(12-19(18)25-22)26-27-20(16)15-7-9-23-10-8-15/h2-13,21,28H,1H3,(H,24,25)(H,26,27)/t13?,21-/m1/s1. The van der Waals surface area contributed by atoms with Crippen LogP contribution in [-0.4, -0.2) is 30.3 Å². The fourth-order valence-corrected chi connectivity index (χ4v) is 3.59. The first kappa shape index (κ1) is 16.6. The van der Waals surface area contributed by atoms with Crippen LogP contribution in [0.5, 0.6) is 0 Å². The number of imidazole rings is 1. The van der Waals surface area contributed by atoms with Crippen LogP contribution >= 0.6 is 0 Å². The summed E-state index contributed by atoms with van der Waals surface area (Å²) >= 11 is 0. The Balaban J connectivity index is 1.56. The maximum atomic E-state index is 10.8. The maximum Gasteiger partial charge on any atom is 0.136 e. The fourth-order valence-electron chi connectivity index (χ4n) is 3.59. The van der Waals surface area contributed by atoms with Crippen molar-refractivity contribution in [2.75, 3.05) is 0 Å². The second kappa shape index (κ2) is 6.58. The Labute approximate surface area is 161 Å². The number of nitrogens with one attached hydrogen (secondary N) is 2. The van der Waals surface area contributed by atoms with Gasteiger partial charge in [0.2, 0.25) is 0 Å². The van der Waals surface area contributed by atoms with Gasteiger partial charge in [0.05, 0.1) is 16.6 Å². The van der Waals surface area contributed by atoms with Crippen LogP contribution in [0.2, 0.25) is 0 Å². The van der Waals surface area contributed by atoms with Gasteiger partial charge >= 0.3 is 0 Å². The molecule has 0 spiro atoms. The third-order valence-corrected chi connectivity index (χ3v) is 5.22. The van der Waals surface area contributed by atoms with Crippen molar-refractivity contribution >= 4 is 21.9 Å². The molecule has 5 aromatic rings. The van der Waals surface area contributed by atoms with Crippen molar-refractivity contribution in [1.82, 2.24) is 25.1 Å². The molecule has 3 heterocycles. The van der Waals surface area contributed by atoms with Gasteiger partial charge in [0.25, 0.3) is 0 Å². The van der Waals surface area contributed by atoms with Crippen molar-refractivity contribution in [3.05, 3.63) is 78.4 Å². The molecule has 1 unspecified atom stereocenters. The van der Waals surface area contributed by atoms with Crippen molar-refractivity contribution in [2.45, 2.75) is 18.9 Å². The van der Waals surface area contributed by atoms with E-state index in [4.69, 9.17) is 0 Å². The molecule has 0 fully saturated rings. The van der Waals surface area contributed by atoms with Gasteiger partial charge in [-0.15, -0.1) is 0 Å². The molecule has 0 aliphatic rings. The topological polar surface area (TPSA) is 90.5 Å². The monoisotopic (exact) mass is 369 g/mol. The van der Waals surface area contributed by atoms with Crippen molar-refractivity contribution in [1.29, 1.82) is 0 Å². The lowest BCUT2D eigenvalue weighted by atomic mass is 9.95. The third-order valence-electron chi connectivity index (χ3n) is 5.22. The van der Waals surface area contributed by atoms with Crippen LogP contribution in [0.3, 0.4) is 0 Å². The summed E-state index contributed by atoms with van der Waals surface area (Å²) in [6, 6.07) is 17.8. The number of aromatic nitrogens is 5. The van der Waals surface area contributed by atoms with E-state index in [1.54, 1.807) is 12.4 Å². The van der Waals surface area contributed by atoms with Gasteiger partial charge in [-0.2, -0.15) is 5.10 Å². The summed E-state index contributed by atoms with van der Waals surface area (Å²) in [5.41, 5.74) is 5.52. The Bertz CT molecular complexity index is 1240. The molecule has 2 aromatic carbocycles. The first-order valence-corrected chi connectivity index (χ1v) is 9.22. The van der Waals surface area contributed by atoms with E-state index in [0.717, 1.165) is 38.8 Å². The van der Waals surface area contributed by atoms with E-state index in [0.29, 0.717) is 5.82 Å². The lowest BCUT2D eigenvalue weighted by Gasteiger charge is -2.17. The number of aliphatic hydroxyl groups excluding tert-OH is 1. The minimum atomic E-state index is -0.717. The molecule has 3 N–H and O–H groups in total. The van der Waals surface area contributed by atoms with Gasteiger partial charge in [-0.1, -0.05) is 37.3 Å². The average molecular weight is 369 g/mol. The molecule has 0 saturated carbocycles. The number of hydrogen-bond acceptors (Lipinski definition) is 4. The zero-order chi connectivity index (χ0) is 19.1. The molecular formula is C22H19N5O. The first-order chi connectivity index (χ1) is 13.7. The highest BCUT2D eigenvalue weighted by molar-refractivity contribution is 6.00. The summed E-state index contributed by atoms with van der Waals surface area (Å²) in [5.74, 6) is 0.498. The molecule has 0 amide bonds. The van der Waals surface area contributed by atoms with Gasteiger partial charge in [0, 0.05) is 29.3 Å². The lowest BCUT2D eigenvalue weighted by molar-refractivity contribution is 0.143. The SMILES string of the molecule is CC(c1ccccc1)[C@@H](O)c1nc2cc3c(-c4ccncc4)n[nH]c3cc2[nH]1. The minimum absolute atomic E-state index is 0.0688. The van der Waals surface area contributed by atoms with Crippen LogP contribution in [0, 0.1) is 0 Å². The summed E-state index contributed by atoms with van der Waals surface area (Å²) < 4.78 is 0. The van der Waals surface area contributed by atoms with Gasteiger partial charge in [-0.25, -0.2) is 4.98 Å². The van der Waals surface area contributed by atoms with Crippen LogP contribution < -0.4 is 0 Å². The predicted octanol–water partition coefficient (Wildman–Crippen LogP) is 4.34. The van der Waals surface area contributed by atoms with Gasteiger partial charge < -0.3 is 10.1 Å². The highest BCUT2D eigenvalue weighted by Gasteiger charge is 2.22. The molecular weight excluding hydrogens is 350 g/mol. The van der Waals surface area contributed by atoms with E-state index in [1.165, 1.54) is 0 Å². The van der Waals surface area contributed by atoms with Gasteiger partial charge in [-0.05, 0) is 29.8 Å². The number of fused-ring (bicyclic) bond motifs is 2. The van der Waals surface area contributed by atoms with E-state index in [9.17, 15) is 5.11 Å². The number of rotatable bonds is 4. The minimum Gasteiger partial charge on any atom is -0.385 e. The molecule has 138 valence electrons. The Morgan fingerprint density at radius 2 is 1.75 bits per heavy atom. The van der Waals surface area contributed by atoms with E-state index in [2.05, 4.69) is 25.1 Å². The fraction of sp³-hybridized carbons (Fsp3) is 0.136. The number of benzene rings is 2. The molecule has 28 heavy (non-hydrogen) atoms. The summed E-state index contributed by atoms with van der Waals surface area (Å²) in [5, 5.41) is 19.4. The number of nitrogens with zero attached hydrogens (tertiary/aromatic N) is 3. The second-order valence-electron chi connectivity index (χ2n) is 6.99. The molecule has 0 saturated heterocycles. The summed E-state index contributed by atoms with van der Waals surface area (Å²) in [7, 11) is 0. The molecule has 0 radical (unpaired) electrons. The Hall–Kier alpha value is -3.51. The number of H-pyrrole nitrogens is 2. The Kier molecular flexibility index (Phi) is 3.91. The van der Waals surface area contributed by atoms with Crippen molar-refractivity contribution in [3.8, 4) is 11.3 Å². The molecule has 2 atom stereocenters. The van der Waals surface area contributed by atoms with E-state index in [1.807, 2.05) is 61.5 Å². The molecule has 5 rings (SSSR count). The molecule has 0 bridgehead atoms. The van der Waals surface area contributed by atoms with Crippen LogP contribution in [-0.2, 0) is 0 Å². The van der Waals surface area contributed by atoms with Crippen molar-refractivity contribution < 1.29 is 5.11 Å². The largest absolute Gasteiger partial charge is 0.385 e. The molecule has 3 aromatic heterocycles. The third kappa shape index (κ3) is 2.75. The van der Waals surface area contributed by atoms with Crippen LogP contribution in [0.15, 0.2) is 67.0 Å². The number of hydrogen-bond donors (Lipinski definition) is 3. The number of aromatic amines is 2. The normalized spacial score (nSPS) is 13.8. The summed E-state index contributed by atoms with van der Waals surface area (Å²) in [6.45, 7) is 2.00. The lowest BCUT2D eigenvalue weighted by Crippen LogP contribution is -2.09. The van der Waals surface area contributed by atoms with Gasteiger partial charge in [-0.3, -0.25) is 10.1 Å². The van der Waals surface area contributed by atoms with E-state index in [-0.39, 0.29) is 5.92 Å². The quantitative estimate of drug-likeness (QED) is 0.439. The molecule has 6 nitrogen and oxygen atoms in total. The van der Waals surface area contributed by atoms with E-state index >= 15 is 0 Å². The average Bonchev–Trinajstić information content (AvgIpc) is 3.35. The number of aliphatic hydroxyl groups is 1. The maximum absolute atomic E-state index is 10.8. The van der Waals surface area contributed by atoms with Crippen LogP contribution in [0.4, 0.5) is 0 Å². The van der Waals surface area contributed by atoms with Crippen molar-refractivity contribution in [3.63, 3.8) is 0 Å². The highest BCUT2D eigenvalue weighted by atomic mass is 16.3. The molecule has 6 heteroatoms. The van der Waals surface area contributed by atoms with Crippen LogP contribution in [0.1, 0.15) is 30.3 Å². The summed E-state index contributed by atoms with van der Waals surface area (Å²) in [6.07, 6.45) is 2.79. The highest BCUT2D eigenvalue weighted by Crippen LogP contribution is 2.32. The zero-order valence-electron chi connectivity index (χ0n) is 15.3. The van der Waals surface area contributed by atoms with Gasteiger partial charge in [0.1, 0.15) is 17.6 Å². The second-order valence-corrected chi connectivity index (χ2v) is 6.99. The Morgan fingerprint density at radius 3 is 2.54 bits per heavy atom. The molecule has 0 aliphatic heterocycles.